The van der Waals surface area contributed by atoms with Crippen LogP contribution in [0.2, 0.25) is 0 Å². The molecule has 1 aromatic carbocycles. The molecule has 0 heterocycles. The van der Waals surface area contributed by atoms with Crippen molar-refractivity contribution in [1.82, 2.24) is 0 Å². The molecule has 0 nitrogen and oxygen atoms in total. The predicted molar refractivity (Wildman–Crippen MR) is 64.9 cm³/mol. The highest BCUT2D eigenvalue weighted by atomic mass is 79.9. The van der Waals surface area contributed by atoms with E-state index in [4.69, 9.17) is 0 Å². The van der Waals surface area contributed by atoms with Crippen LogP contribution in [0.1, 0.15) is 30.4 Å². The van der Waals surface area contributed by atoms with E-state index in [9.17, 15) is 4.39 Å². The zero-order chi connectivity index (χ0) is 10.8. The van der Waals surface area contributed by atoms with Crippen molar-refractivity contribution in [2.24, 2.45) is 5.92 Å². The van der Waals surface area contributed by atoms with Gasteiger partial charge in [0.05, 0.1) is 0 Å². The van der Waals surface area contributed by atoms with Crippen LogP contribution in [-0.4, -0.2) is 4.83 Å². The second kappa shape index (κ2) is 4.65. The average molecular weight is 271 g/mol. The molecule has 1 atom stereocenters. The molecule has 0 radical (unpaired) electrons. The summed E-state index contributed by atoms with van der Waals surface area (Å²) in [6.45, 7) is 1.80. The van der Waals surface area contributed by atoms with Gasteiger partial charge in [0.2, 0.25) is 0 Å². The molecule has 0 amide bonds. The minimum absolute atomic E-state index is 0.0787. The van der Waals surface area contributed by atoms with E-state index in [1.165, 1.54) is 12.8 Å². The molecular weight excluding hydrogens is 255 g/mol. The van der Waals surface area contributed by atoms with Crippen LogP contribution in [0.5, 0.6) is 0 Å². The summed E-state index contributed by atoms with van der Waals surface area (Å²) in [5.41, 5.74) is 1.85. The Balaban J connectivity index is 1.89. The summed E-state index contributed by atoms with van der Waals surface area (Å²) in [5, 5.41) is 0. The fourth-order valence-electron chi connectivity index (χ4n) is 1.79. The first-order chi connectivity index (χ1) is 7.16. The third-order valence-corrected chi connectivity index (χ3v) is 4.28. The van der Waals surface area contributed by atoms with Crippen LogP contribution in [0, 0.1) is 18.7 Å². The second-order valence-electron chi connectivity index (χ2n) is 4.48. The van der Waals surface area contributed by atoms with E-state index in [-0.39, 0.29) is 5.82 Å². The maximum atomic E-state index is 13.3. The highest BCUT2D eigenvalue weighted by Crippen LogP contribution is 2.38. The molecule has 2 heteroatoms. The summed E-state index contributed by atoms with van der Waals surface area (Å²) in [6, 6.07) is 5.57. The van der Waals surface area contributed by atoms with Gasteiger partial charge in [-0.3, -0.25) is 0 Å². The van der Waals surface area contributed by atoms with Crippen molar-refractivity contribution >= 4 is 15.9 Å². The molecule has 1 unspecified atom stereocenters. The van der Waals surface area contributed by atoms with E-state index in [2.05, 4.69) is 15.9 Å². The van der Waals surface area contributed by atoms with E-state index in [0.29, 0.717) is 4.83 Å². The van der Waals surface area contributed by atoms with Gasteiger partial charge in [-0.25, -0.2) is 4.39 Å². The van der Waals surface area contributed by atoms with Crippen LogP contribution in [-0.2, 0) is 6.42 Å². The van der Waals surface area contributed by atoms with Crippen molar-refractivity contribution in [1.29, 1.82) is 0 Å². The lowest BCUT2D eigenvalue weighted by Gasteiger charge is -2.08. The molecule has 1 saturated carbocycles. The summed E-state index contributed by atoms with van der Waals surface area (Å²) in [5.74, 6) is 0.797. The third-order valence-electron chi connectivity index (χ3n) is 3.08. The van der Waals surface area contributed by atoms with Crippen molar-refractivity contribution in [2.45, 2.75) is 37.4 Å². The lowest BCUT2D eigenvalue weighted by molar-refractivity contribution is 0.613. The van der Waals surface area contributed by atoms with Crippen molar-refractivity contribution in [3.8, 4) is 0 Å². The lowest BCUT2D eigenvalue weighted by atomic mass is 10.0. The Kier molecular flexibility index (Phi) is 3.45. The Bertz CT molecular complexity index is 344. The maximum absolute atomic E-state index is 13.3. The molecule has 1 fully saturated rings. The molecule has 2 rings (SSSR count). The fraction of sp³-hybridized carbons (Fsp3) is 0.538. The van der Waals surface area contributed by atoms with E-state index in [1.54, 1.807) is 13.0 Å². The molecule has 0 saturated heterocycles. The van der Waals surface area contributed by atoms with Gasteiger partial charge in [-0.05, 0) is 55.7 Å². The molecule has 15 heavy (non-hydrogen) atoms. The second-order valence-corrected chi connectivity index (χ2v) is 5.65. The Morgan fingerprint density at radius 2 is 2.20 bits per heavy atom. The highest BCUT2D eigenvalue weighted by molar-refractivity contribution is 9.09. The number of hydrogen-bond donors (Lipinski definition) is 0. The van der Waals surface area contributed by atoms with Crippen molar-refractivity contribution < 1.29 is 4.39 Å². The number of benzene rings is 1. The van der Waals surface area contributed by atoms with Crippen LogP contribution in [0.3, 0.4) is 0 Å². The van der Waals surface area contributed by atoms with Crippen LogP contribution in [0.4, 0.5) is 4.39 Å². The van der Waals surface area contributed by atoms with Gasteiger partial charge in [-0.15, -0.1) is 0 Å². The zero-order valence-electron chi connectivity index (χ0n) is 8.97. The molecule has 0 N–H and O–H groups in total. The summed E-state index contributed by atoms with van der Waals surface area (Å²) < 4.78 is 13.3. The van der Waals surface area contributed by atoms with E-state index >= 15 is 0 Å². The Labute approximate surface area is 99.0 Å². The lowest BCUT2D eigenvalue weighted by Crippen LogP contribution is -2.02. The van der Waals surface area contributed by atoms with Crippen LogP contribution < -0.4 is 0 Å². The molecule has 0 aliphatic heterocycles. The molecule has 82 valence electrons. The number of rotatable bonds is 4. The monoisotopic (exact) mass is 270 g/mol. The molecular formula is C13H16BrF. The molecule has 0 aromatic heterocycles. The van der Waals surface area contributed by atoms with E-state index in [0.717, 1.165) is 29.9 Å². The van der Waals surface area contributed by atoms with Crippen LogP contribution in [0.25, 0.3) is 0 Å². The highest BCUT2D eigenvalue weighted by Gasteiger charge is 2.28. The topological polar surface area (TPSA) is 0 Å². The first kappa shape index (κ1) is 11.1. The quantitative estimate of drug-likeness (QED) is 0.718. The van der Waals surface area contributed by atoms with E-state index in [1.807, 2.05) is 12.1 Å². The van der Waals surface area contributed by atoms with Crippen molar-refractivity contribution in [3.05, 3.63) is 35.1 Å². The Morgan fingerprint density at radius 3 is 2.80 bits per heavy atom. The van der Waals surface area contributed by atoms with Gasteiger partial charge >= 0.3 is 0 Å². The molecule has 1 aliphatic rings. The van der Waals surface area contributed by atoms with E-state index < -0.39 is 0 Å². The van der Waals surface area contributed by atoms with Crippen LogP contribution >= 0.6 is 15.9 Å². The number of halogens is 2. The fourth-order valence-corrected chi connectivity index (χ4v) is 2.55. The first-order valence-corrected chi connectivity index (χ1v) is 6.47. The number of aryl methyl sites for hydroxylation is 2. The first-order valence-electron chi connectivity index (χ1n) is 5.56. The molecule has 0 bridgehead atoms. The van der Waals surface area contributed by atoms with Gasteiger partial charge < -0.3 is 0 Å². The SMILES string of the molecule is Cc1ccc(CCC(Br)C2CC2)cc1F. The summed E-state index contributed by atoms with van der Waals surface area (Å²) >= 11 is 3.70. The van der Waals surface area contributed by atoms with Gasteiger partial charge in [0, 0.05) is 4.83 Å². The average Bonchev–Trinajstić information content (AvgIpc) is 3.03. The van der Waals surface area contributed by atoms with Gasteiger partial charge in [0.25, 0.3) is 0 Å². The smallest absolute Gasteiger partial charge is 0.126 e. The van der Waals surface area contributed by atoms with Gasteiger partial charge in [0.1, 0.15) is 5.82 Å². The van der Waals surface area contributed by atoms with Crippen LogP contribution in [0.15, 0.2) is 18.2 Å². The zero-order valence-corrected chi connectivity index (χ0v) is 10.6. The normalized spacial score (nSPS) is 17.8. The van der Waals surface area contributed by atoms with Gasteiger partial charge in [-0.2, -0.15) is 0 Å². The standard InChI is InChI=1S/C13H16BrF/c1-9-2-3-10(8-13(9)15)4-7-12(14)11-5-6-11/h2-3,8,11-12H,4-7H2,1H3. The van der Waals surface area contributed by atoms with Crippen molar-refractivity contribution in [3.63, 3.8) is 0 Å². The van der Waals surface area contributed by atoms with Crippen molar-refractivity contribution in [2.75, 3.05) is 0 Å². The molecule has 0 spiro atoms. The minimum atomic E-state index is -0.0787. The van der Waals surface area contributed by atoms with Gasteiger partial charge in [0.15, 0.2) is 0 Å². The summed E-state index contributed by atoms with van der Waals surface area (Å²) in [7, 11) is 0. The Hall–Kier alpha value is -0.370. The Morgan fingerprint density at radius 1 is 1.47 bits per heavy atom. The molecule has 1 aliphatic carbocycles. The predicted octanol–water partition coefficient (Wildman–Crippen LogP) is 4.24. The molecule has 1 aromatic rings. The largest absolute Gasteiger partial charge is 0.207 e. The summed E-state index contributed by atoms with van der Waals surface area (Å²) in [4.78, 5) is 0.627. The summed E-state index contributed by atoms with van der Waals surface area (Å²) in [6.07, 6.45) is 4.81. The maximum Gasteiger partial charge on any atom is 0.126 e. The van der Waals surface area contributed by atoms with Gasteiger partial charge in [-0.1, -0.05) is 28.1 Å². The minimum Gasteiger partial charge on any atom is -0.207 e. The number of hydrogen-bond acceptors (Lipinski definition) is 0. The number of alkyl halides is 1. The third kappa shape index (κ3) is 3.04.